The fraction of sp³-hybridized carbons (Fsp3) is 1.00. The van der Waals surface area contributed by atoms with Gasteiger partial charge in [-0.1, -0.05) is 13.8 Å². The van der Waals surface area contributed by atoms with Gasteiger partial charge in [0.1, 0.15) is 0 Å². The second-order valence-corrected chi connectivity index (χ2v) is 2.36. The molecular weight excluding hydrogens is 264 g/mol. The van der Waals surface area contributed by atoms with E-state index in [9.17, 15) is 20.4 Å². The normalized spacial score (nSPS) is 13.1. The molecule has 2 unspecified atom stereocenters. The summed E-state index contributed by atoms with van der Waals surface area (Å²) in [6, 6.07) is 0. The zero-order valence-corrected chi connectivity index (χ0v) is 9.43. The van der Waals surface area contributed by atoms with Crippen LogP contribution in [0.3, 0.4) is 0 Å². The van der Waals surface area contributed by atoms with E-state index < -0.39 is 43.9 Å². The summed E-state index contributed by atoms with van der Waals surface area (Å²) in [5.41, 5.74) is 0. The average Bonchev–Trinajstić information content (AvgIpc) is 2.07. The summed E-state index contributed by atoms with van der Waals surface area (Å²) in [7, 11) is 0. The summed E-state index contributed by atoms with van der Waals surface area (Å²) in [4.78, 5) is 0. The zero-order valence-electron chi connectivity index (χ0n) is 7.43. The van der Waals surface area contributed by atoms with Gasteiger partial charge in [-0.25, -0.2) is 0 Å². The van der Waals surface area contributed by atoms with Crippen LogP contribution in [0.5, 0.6) is 0 Å². The van der Waals surface area contributed by atoms with Crippen molar-refractivity contribution in [3.8, 4) is 0 Å². The maximum atomic E-state index is 9.58. The SMILES string of the molecule is CC([O-])C[O-].CC([O-])C[O-].[O]=[Mo+4]=[O]. The van der Waals surface area contributed by atoms with Gasteiger partial charge in [0.25, 0.3) is 0 Å². The molecule has 0 aliphatic rings. The van der Waals surface area contributed by atoms with E-state index in [0.29, 0.717) is 0 Å². The topological polar surface area (TPSA) is 126 Å². The van der Waals surface area contributed by atoms with Crippen LogP contribution in [0.4, 0.5) is 0 Å². The maximum absolute atomic E-state index is 9.58. The molecule has 78 valence electrons. The van der Waals surface area contributed by atoms with Crippen LogP contribution in [0.1, 0.15) is 13.8 Å². The molecule has 0 N–H and O–H groups in total. The third kappa shape index (κ3) is 73.0. The van der Waals surface area contributed by atoms with Gasteiger partial charge in [0.2, 0.25) is 0 Å². The van der Waals surface area contributed by atoms with E-state index in [1.165, 1.54) is 13.8 Å². The molecular formula is C6H12MoO6. The van der Waals surface area contributed by atoms with Crippen LogP contribution in [0, 0.1) is 0 Å². The zero-order chi connectivity index (χ0) is 11.3. The molecule has 0 amide bonds. The van der Waals surface area contributed by atoms with Gasteiger partial charge >= 0.3 is 25.3 Å². The molecule has 0 rings (SSSR count). The van der Waals surface area contributed by atoms with Crippen LogP contribution < -0.4 is 20.4 Å². The summed E-state index contributed by atoms with van der Waals surface area (Å²) in [5.74, 6) is 0. The molecule has 0 saturated heterocycles. The van der Waals surface area contributed by atoms with Gasteiger partial charge in [-0.05, 0) is 0 Å². The van der Waals surface area contributed by atoms with Crippen LogP contribution >= 0.6 is 0 Å². The molecule has 0 aliphatic heterocycles. The molecule has 6 nitrogen and oxygen atoms in total. The summed E-state index contributed by atoms with van der Waals surface area (Å²) < 4.78 is 17.0. The Bertz CT molecular complexity index is 102. The van der Waals surface area contributed by atoms with E-state index in [2.05, 4.69) is 0 Å². The molecule has 7 heteroatoms. The second-order valence-electron chi connectivity index (χ2n) is 2.02. The predicted molar refractivity (Wildman–Crippen MR) is 30.0 cm³/mol. The van der Waals surface area contributed by atoms with Gasteiger partial charge in [0, 0.05) is 0 Å². The summed E-state index contributed by atoms with van der Waals surface area (Å²) in [6.07, 6.45) is -1.84. The van der Waals surface area contributed by atoms with Gasteiger partial charge in [-0.3, -0.25) is 0 Å². The Morgan fingerprint density at radius 2 is 1.08 bits per heavy atom. The molecule has 0 heterocycles. The average molecular weight is 276 g/mol. The molecule has 0 aromatic rings. The summed E-state index contributed by atoms with van der Waals surface area (Å²) in [6.45, 7) is 1.71. The first-order valence-corrected chi connectivity index (χ1v) is 4.99. The monoisotopic (exact) mass is 278 g/mol. The molecule has 2 atom stereocenters. The Labute approximate surface area is 85.4 Å². The Morgan fingerprint density at radius 1 is 1.00 bits per heavy atom. The van der Waals surface area contributed by atoms with Crippen LogP contribution in [0.15, 0.2) is 0 Å². The Hall–Kier alpha value is 0.128. The summed E-state index contributed by atoms with van der Waals surface area (Å²) >= 11 is -2.03. The molecule has 0 spiro atoms. The minimum absolute atomic E-state index is 0.500. The van der Waals surface area contributed by atoms with Crippen LogP contribution in [0.25, 0.3) is 0 Å². The van der Waals surface area contributed by atoms with E-state index >= 15 is 0 Å². The second kappa shape index (κ2) is 18.0. The van der Waals surface area contributed by atoms with Crippen molar-refractivity contribution >= 4 is 0 Å². The van der Waals surface area contributed by atoms with E-state index in [-0.39, 0.29) is 0 Å². The first-order valence-electron chi connectivity index (χ1n) is 3.35. The van der Waals surface area contributed by atoms with Crippen molar-refractivity contribution in [2.24, 2.45) is 0 Å². The van der Waals surface area contributed by atoms with Crippen molar-refractivity contribution in [1.29, 1.82) is 0 Å². The van der Waals surface area contributed by atoms with Gasteiger partial charge in [-0.15, -0.1) is 12.2 Å². The Kier molecular flexibility index (Phi) is 26.1. The molecule has 0 aliphatic carbocycles. The van der Waals surface area contributed by atoms with Crippen molar-refractivity contribution in [2.45, 2.75) is 26.1 Å². The molecule has 0 bridgehead atoms. The molecule has 0 radical (unpaired) electrons. The first kappa shape index (κ1) is 18.8. The fourth-order valence-electron chi connectivity index (χ4n) is 0. The van der Waals surface area contributed by atoms with Crippen LogP contribution in [-0.2, 0) is 25.3 Å². The predicted octanol–water partition coefficient (Wildman–Crippen LogP) is -4.05. The minimum atomic E-state index is -2.03. The van der Waals surface area contributed by atoms with Crippen LogP contribution in [0.2, 0.25) is 0 Å². The van der Waals surface area contributed by atoms with Gasteiger partial charge < -0.3 is 20.4 Å². The van der Waals surface area contributed by atoms with E-state index in [0.717, 1.165) is 0 Å². The standard InChI is InChI=1S/2C3H6O2.Mo.2O/c2*1-3(5)2-4;;;/h2*3H,2H2,1H3;;;/q2*-2;+4;;. The van der Waals surface area contributed by atoms with Crippen molar-refractivity contribution in [2.75, 3.05) is 13.2 Å². The Balaban J connectivity index is -0.000000120. The Morgan fingerprint density at radius 3 is 1.08 bits per heavy atom. The first-order chi connectivity index (χ1) is 5.95. The van der Waals surface area contributed by atoms with Crippen molar-refractivity contribution in [3.05, 3.63) is 0 Å². The third-order valence-corrected chi connectivity index (χ3v) is 0.469. The van der Waals surface area contributed by atoms with Gasteiger partial charge in [-0.2, -0.15) is 13.2 Å². The molecule has 0 saturated carbocycles. The number of rotatable bonds is 2. The molecule has 13 heavy (non-hydrogen) atoms. The van der Waals surface area contributed by atoms with Gasteiger partial charge in [0.15, 0.2) is 0 Å². The van der Waals surface area contributed by atoms with E-state index in [4.69, 9.17) is 6.80 Å². The number of hydrogen-bond acceptors (Lipinski definition) is 6. The van der Waals surface area contributed by atoms with E-state index in [1.807, 2.05) is 0 Å². The summed E-state index contributed by atoms with van der Waals surface area (Å²) in [5, 5.41) is 37.8. The van der Waals surface area contributed by atoms with Gasteiger partial charge in [0.05, 0.1) is 0 Å². The van der Waals surface area contributed by atoms with Crippen LogP contribution in [-0.4, -0.2) is 25.4 Å². The van der Waals surface area contributed by atoms with E-state index in [1.54, 1.807) is 0 Å². The molecule has 0 aromatic carbocycles. The van der Waals surface area contributed by atoms with Crippen molar-refractivity contribution in [3.63, 3.8) is 0 Å². The fourth-order valence-corrected chi connectivity index (χ4v) is 0. The van der Waals surface area contributed by atoms with Crippen molar-refractivity contribution < 1.29 is 45.7 Å². The third-order valence-electron chi connectivity index (χ3n) is 0.469. The molecule has 0 fully saturated rings. The quantitative estimate of drug-likeness (QED) is 0.472. The molecule has 0 aromatic heterocycles. The van der Waals surface area contributed by atoms with Crippen molar-refractivity contribution in [1.82, 2.24) is 0 Å². The number of hydrogen-bond donors (Lipinski definition) is 0.